The highest BCUT2D eigenvalue weighted by atomic mass is 14.7. The van der Waals surface area contributed by atoms with Gasteiger partial charge in [0, 0.05) is 0 Å². The van der Waals surface area contributed by atoms with Crippen molar-refractivity contribution in [3.05, 3.63) is 12.2 Å². The summed E-state index contributed by atoms with van der Waals surface area (Å²) >= 11 is 0. The third-order valence-corrected chi connectivity index (χ3v) is 10.3. The second-order valence-corrected chi connectivity index (χ2v) is 11.0. The maximum absolute atomic E-state index is 4.36. The maximum atomic E-state index is 4.36. The molecule has 5 aliphatic carbocycles. The molecule has 0 saturated heterocycles. The number of hydrogen-bond donors (Lipinski definition) is 0. The SMILES string of the molecule is C=C1CCC23CCC4C(CCC5C[C@H](C)CCC54C)C2CCC3C1. The van der Waals surface area contributed by atoms with Gasteiger partial charge in [0.2, 0.25) is 0 Å². The van der Waals surface area contributed by atoms with Gasteiger partial charge in [-0.3, -0.25) is 0 Å². The van der Waals surface area contributed by atoms with E-state index in [2.05, 4.69) is 20.4 Å². The van der Waals surface area contributed by atoms with Crippen LogP contribution in [0, 0.1) is 46.3 Å². The Bertz CT molecular complexity index is 532. The van der Waals surface area contributed by atoms with Crippen molar-refractivity contribution in [2.24, 2.45) is 46.3 Å². The smallest absolute Gasteiger partial charge is 0.0232 e. The van der Waals surface area contributed by atoms with Crippen LogP contribution in [0.15, 0.2) is 12.2 Å². The molecule has 0 heteroatoms. The fraction of sp³-hybridized carbons (Fsp3) is 0.917. The maximum Gasteiger partial charge on any atom is -0.0232 e. The van der Waals surface area contributed by atoms with Gasteiger partial charge >= 0.3 is 0 Å². The zero-order valence-electron chi connectivity index (χ0n) is 16.2. The van der Waals surface area contributed by atoms with E-state index in [0.29, 0.717) is 5.41 Å². The molecule has 0 N–H and O–H groups in total. The quantitative estimate of drug-likeness (QED) is 0.420. The lowest BCUT2D eigenvalue weighted by Crippen LogP contribution is -2.54. The highest BCUT2D eigenvalue weighted by Crippen LogP contribution is 2.70. The molecular formula is C24H38. The summed E-state index contributed by atoms with van der Waals surface area (Å²) in [5.74, 6) is 6.32. The normalized spacial score (nSPS) is 56.8. The molecule has 24 heavy (non-hydrogen) atoms. The van der Waals surface area contributed by atoms with Crippen molar-refractivity contribution in [1.82, 2.24) is 0 Å². The van der Waals surface area contributed by atoms with Gasteiger partial charge in [-0.2, -0.15) is 0 Å². The van der Waals surface area contributed by atoms with Gasteiger partial charge in [0.05, 0.1) is 0 Å². The highest BCUT2D eigenvalue weighted by Gasteiger charge is 2.61. The van der Waals surface area contributed by atoms with Gasteiger partial charge in [0.15, 0.2) is 0 Å². The zero-order valence-corrected chi connectivity index (χ0v) is 16.2. The van der Waals surface area contributed by atoms with Crippen LogP contribution in [0.2, 0.25) is 0 Å². The minimum atomic E-state index is 0.702. The van der Waals surface area contributed by atoms with Crippen LogP contribution < -0.4 is 0 Å². The van der Waals surface area contributed by atoms with Crippen molar-refractivity contribution < 1.29 is 0 Å². The fourth-order valence-electron chi connectivity index (χ4n) is 9.07. The van der Waals surface area contributed by atoms with E-state index in [9.17, 15) is 0 Å². The van der Waals surface area contributed by atoms with Gasteiger partial charge in [0.1, 0.15) is 0 Å². The molecule has 0 aromatic heterocycles. The average molecular weight is 327 g/mol. The molecule has 5 aliphatic rings. The Kier molecular flexibility index (Phi) is 3.57. The average Bonchev–Trinajstić information content (AvgIpc) is 2.94. The molecular weight excluding hydrogens is 288 g/mol. The van der Waals surface area contributed by atoms with Crippen LogP contribution in [0.3, 0.4) is 0 Å². The van der Waals surface area contributed by atoms with Gasteiger partial charge in [-0.1, -0.05) is 32.4 Å². The van der Waals surface area contributed by atoms with E-state index in [4.69, 9.17) is 0 Å². The van der Waals surface area contributed by atoms with E-state index < -0.39 is 0 Å². The molecule has 5 fully saturated rings. The summed E-state index contributed by atoms with van der Waals surface area (Å²) in [7, 11) is 0. The number of hydrogen-bond acceptors (Lipinski definition) is 0. The molecule has 0 heterocycles. The third-order valence-electron chi connectivity index (χ3n) is 10.3. The van der Waals surface area contributed by atoms with Crippen molar-refractivity contribution in [2.75, 3.05) is 0 Å². The summed E-state index contributed by atoms with van der Waals surface area (Å²) in [5.41, 5.74) is 3.03. The van der Waals surface area contributed by atoms with E-state index >= 15 is 0 Å². The first-order valence-electron chi connectivity index (χ1n) is 11.2. The molecule has 0 nitrogen and oxygen atoms in total. The van der Waals surface area contributed by atoms with Crippen LogP contribution in [0.5, 0.6) is 0 Å². The molecule has 5 rings (SSSR count). The minimum Gasteiger partial charge on any atom is -0.0999 e. The number of allylic oxidation sites excluding steroid dienone is 1. The van der Waals surface area contributed by atoms with Crippen LogP contribution in [0.1, 0.15) is 90.9 Å². The standard InChI is InChI=1S/C24H38/c1-16-8-11-23(3)18(14-16)4-6-20-21(23)10-13-24-12-9-17(2)15-19(24)5-7-22(20)24/h16,18-22H,2,4-15H2,1,3H3/t16-,18?,19?,20?,21?,22?,23?,24?/m1/s1. The van der Waals surface area contributed by atoms with Crippen LogP contribution >= 0.6 is 0 Å². The summed E-state index contributed by atoms with van der Waals surface area (Å²) in [6.45, 7) is 9.60. The van der Waals surface area contributed by atoms with Gasteiger partial charge in [-0.15, -0.1) is 0 Å². The van der Waals surface area contributed by atoms with Crippen molar-refractivity contribution >= 4 is 0 Å². The largest absolute Gasteiger partial charge is 0.0999 e. The molecule has 1 spiro atoms. The Morgan fingerprint density at radius 3 is 2.58 bits per heavy atom. The van der Waals surface area contributed by atoms with Crippen molar-refractivity contribution in [3.63, 3.8) is 0 Å². The first kappa shape index (κ1) is 16.0. The Hall–Kier alpha value is -0.260. The molecule has 0 amide bonds. The van der Waals surface area contributed by atoms with Crippen molar-refractivity contribution in [2.45, 2.75) is 90.9 Å². The van der Waals surface area contributed by atoms with Crippen molar-refractivity contribution in [1.29, 1.82) is 0 Å². The van der Waals surface area contributed by atoms with Gasteiger partial charge in [0.25, 0.3) is 0 Å². The Labute approximate surface area is 149 Å². The first-order chi connectivity index (χ1) is 11.5. The molecule has 0 aliphatic heterocycles. The Morgan fingerprint density at radius 2 is 1.71 bits per heavy atom. The zero-order chi connectivity index (χ0) is 16.5. The minimum absolute atomic E-state index is 0.702. The Morgan fingerprint density at radius 1 is 0.875 bits per heavy atom. The summed E-state index contributed by atoms with van der Waals surface area (Å²) in [5, 5.41) is 0. The predicted molar refractivity (Wildman–Crippen MR) is 102 cm³/mol. The lowest BCUT2D eigenvalue weighted by atomic mass is 9.43. The highest BCUT2D eigenvalue weighted by molar-refractivity contribution is 5.15. The summed E-state index contributed by atoms with van der Waals surface area (Å²) in [4.78, 5) is 0. The Balaban J connectivity index is 1.44. The molecule has 7 unspecified atom stereocenters. The topological polar surface area (TPSA) is 0 Å². The molecule has 0 radical (unpaired) electrons. The lowest BCUT2D eigenvalue weighted by molar-refractivity contribution is -0.125. The lowest BCUT2D eigenvalue weighted by Gasteiger charge is -2.62. The van der Waals surface area contributed by atoms with E-state index in [0.717, 1.165) is 40.9 Å². The number of fused-ring (bicyclic) bond motifs is 4. The second-order valence-electron chi connectivity index (χ2n) is 11.0. The van der Waals surface area contributed by atoms with Crippen LogP contribution in [-0.2, 0) is 0 Å². The molecule has 5 saturated carbocycles. The molecule has 0 aromatic carbocycles. The fourth-order valence-corrected chi connectivity index (χ4v) is 9.07. The van der Waals surface area contributed by atoms with Gasteiger partial charge in [-0.25, -0.2) is 0 Å². The molecule has 0 bridgehead atoms. The molecule has 8 atom stereocenters. The van der Waals surface area contributed by atoms with Crippen molar-refractivity contribution in [3.8, 4) is 0 Å². The first-order valence-corrected chi connectivity index (χ1v) is 11.2. The number of rotatable bonds is 0. The summed E-state index contributed by atoms with van der Waals surface area (Å²) in [6, 6.07) is 0. The predicted octanol–water partition coefficient (Wildman–Crippen LogP) is 7.00. The summed E-state index contributed by atoms with van der Waals surface area (Å²) in [6.07, 6.45) is 18.2. The van der Waals surface area contributed by atoms with Crippen LogP contribution in [0.4, 0.5) is 0 Å². The molecule has 0 aromatic rings. The van der Waals surface area contributed by atoms with E-state index in [-0.39, 0.29) is 0 Å². The van der Waals surface area contributed by atoms with Gasteiger partial charge < -0.3 is 0 Å². The summed E-state index contributed by atoms with van der Waals surface area (Å²) < 4.78 is 0. The van der Waals surface area contributed by atoms with Gasteiger partial charge in [-0.05, 0) is 117 Å². The van der Waals surface area contributed by atoms with E-state index in [1.165, 1.54) is 38.5 Å². The van der Waals surface area contributed by atoms with E-state index in [1.54, 1.807) is 44.1 Å². The monoisotopic (exact) mass is 326 g/mol. The van der Waals surface area contributed by atoms with Crippen LogP contribution in [0.25, 0.3) is 0 Å². The van der Waals surface area contributed by atoms with Crippen LogP contribution in [-0.4, -0.2) is 0 Å². The molecule has 134 valence electrons. The third kappa shape index (κ3) is 2.04. The van der Waals surface area contributed by atoms with E-state index in [1.807, 2.05) is 0 Å². The second kappa shape index (κ2) is 5.37.